The van der Waals surface area contributed by atoms with E-state index in [2.05, 4.69) is 15.2 Å². The first kappa shape index (κ1) is 17.7. The van der Waals surface area contributed by atoms with Crippen molar-refractivity contribution in [3.63, 3.8) is 0 Å². The molecule has 0 aromatic carbocycles. The standard InChI is InChI=1S/C17H23N3O5S/c1-11-12(2)19-25-16(11)14-3-4-15(24-14)26(21,22)20-13-9-17(23-10-13)5-7-18-8-6-17/h3-4,13,18,20H,5-10H2,1-2H3. The third-order valence-corrected chi connectivity index (χ3v) is 6.67. The predicted octanol–water partition coefficient (Wildman–Crippen LogP) is 1.74. The number of ether oxygens (including phenoxy) is 1. The van der Waals surface area contributed by atoms with Gasteiger partial charge in [-0.15, -0.1) is 0 Å². The minimum Gasteiger partial charge on any atom is -0.440 e. The molecule has 2 aromatic heterocycles. The maximum Gasteiger partial charge on any atom is 0.274 e. The fraction of sp³-hybridized carbons (Fsp3) is 0.588. The molecule has 2 N–H and O–H groups in total. The number of hydrogen-bond donors (Lipinski definition) is 2. The van der Waals surface area contributed by atoms with Gasteiger partial charge >= 0.3 is 0 Å². The molecule has 1 unspecified atom stereocenters. The lowest BCUT2D eigenvalue weighted by molar-refractivity contribution is -0.0193. The number of piperidine rings is 1. The van der Waals surface area contributed by atoms with Gasteiger partial charge in [0.05, 0.1) is 17.9 Å². The summed E-state index contributed by atoms with van der Waals surface area (Å²) in [6.07, 6.45) is 2.49. The van der Waals surface area contributed by atoms with Gasteiger partial charge in [-0.3, -0.25) is 0 Å². The van der Waals surface area contributed by atoms with Crippen molar-refractivity contribution in [3.05, 3.63) is 23.4 Å². The highest BCUT2D eigenvalue weighted by atomic mass is 32.2. The molecular weight excluding hydrogens is 358 g/mol. The van der Waals surface area contributed by atoms with E-state index in [1.165, 1.54) is 6.07 Å². The van der Waals surface area contributed by atoms with Crippen molar-refractivity contribution in [2.75, 3.05) is 19.7 Å². The van der Waals surface area contributed by atoms with Crippen molar-refractivity contribution in [3.8, 4) is 11.5 Å². The van der Waals surface area contributed by atoms with E-state index in [1.54, 1.807) is 6.07 Å². The van der Waals surface area contributed by atoms with E-state index in [4.69, 9.17) is 13.7 Å². The Morgan fingerprint density at radius 1 is 1.27 bits per heavy atom. The molecule has 26 heavy (non-hydrogen) atoms. The zero-order valence-corrected chi connectivity index (χ0v) is 15.7. The first-order valence-electron chi connectivity index (χ1n) is 8.79. The van der Waals surface area contributed by atoms with Crippen molar-refractivity contribution < 1.29 is 22.1 Å². The summed E-state index contributed by atoms with van der Waals surface area (Å²) >= 11 is 0. The van der Waals surface area contributed by atoms with Crippen LogP contribution in [0.4, 0.5) is 0 Å². The SMILES string of the molecule is Cc1noc(-c2ccc(S(=O)(=O)NC3COC4(CCNCC4)C3)o2)c1C. The number of aryl methyl sites for hydroxylation is 1. The first-order valence-corrected chi connectivity index (χ1v) is 10.3. The van der Waals surface area contributed by atoms with Crippen LogP contribution in [0.1, 0.15) is 30.5 Å². The Morgan fingerprint density at radius 3 is 2.73 bits per heavy atom. The van der Waals surface area contributed by atoms with Crippen LogP contribution < -0.4 is 10.0 Å². The maximum atomic E-state index is 12.7. The summed E-state index contributed by atoms with van der Waals surface area (Å²) in [5, 5.41) is 7.04. The predicted molar refractivity (Wildman–Crippen MR) is 93.2 cm³/mol. The van der Waals surface area contributed by atoms with Gasteiger partial charge in [-0.2, -0.15) is 0 Å². The third-order valence-electron chi connectivity index (χ3n) is 5.27. The summed E-state index contributed by atoms with van der Waals surface area (Å²) in [7, 11) is -3.77. The number of rotatable bonds is 4. The van der Waals surface area contributed by atoms with Gasteiger partial charge in [0, 0.05) is 11.6 Å². The molecule has 2 fully saturated rings. The summed E-state index contributed by atoms with van der Waals surface area (Å²) in [6.45, 7) is 5.85. The molecule has 8 nitrogen and oxygen atoms in total. The Hall–Kier alpha value is -1.68. The Kier molecular flexibility index (Phi) is 4.42. The van der Waals surface area contributed by atoms with Crippen LogP contribution in [0, 0.1) is 13.8 Å². The molecule has 1 atom stereocenters. The number of hydrogen-bond acceptors (Lipinski definition) is 7. The van der Waals surface area contributed by atoms with E-state index < -0.39 is 10.0 Å². The fourth-order valence-corrected chi connectivity index (χ4v) is 4.81. The molecule has 9 heteroatoms. The van der Waals surface area contributed by atoms with Gasteiger partial charge in [-0.05, 0) is 58.3 Å². The van der Waals surface area contributed by atoms with Crippen LogP contribution in [-0.4, -0.2) is 44.9 Å². The molecule has 0 radical (unpaired) electrons. The van der Waals surface area contributed by atoms with Gasteiger partial charge in [0.1, 0.15) is 0 Å². The van der Waals surface area contributed by atoms with E-state index in [-0.39, 0.29) is 16.7 Å². The Bertz CT molecular complexity index is 895. The molecule has 2 saturated heterocycles. The molecule has 2 aliphatic rings. The van der Waals surface area contributed by atoms with E-state index in [1.807, 2.05) is 13.8 Å². The second-order valence-corrected chi connectivity index (χ2v) is 8.75. The smallest absolute Gasteiger partial charge is 0.274 e. The first-order chi connectivity index (χ1) is 12.4. The number of furan rings is 1. The molecular formula is C17H23N3O5S. The van der Waals surface area contributed by atoms with Crippen LogP contribution in [0.5, 0.6) is 0 Å². The van der Waals surface area contributed by atoms with Crippen molar-refractivity contribution in [2.24, 2.45) is 0 Å². The summed E-state index contributed by atoms with van der Waals surface area (Å²) < 4.78 is 44.8. The van der Waals surface area contributed by atoms with E-state index in [0.29, 0.717) is 24.5 Å². The molecule has 4 heterocycles. The molecule has 2 aliphatic heterocycles. The Labute approximate surface area is 152 Å². The van der Waals surface area contributed by atoms with Crippen molar-refractivity contribution >= 4 is 10.0 Å². The number of nitrogens with zero attached hydrogens (tertiary/aromatic N) is 1. The van der Waals surface area contributed by atoms with Crippen LogP contribution in [0.2, 0.25) is 0 Å². The summed E-state index contributed by atoms with van der Waals surface area (Å²) in [5.41, 5.74) is 1.36. The van der Waals surface area contributed by atoms with Crippen LogP contribution in [0.25, 0.3) is 11.5 Å². The molecule has 1 spiro atoms. The highest BCUT2D eigenvalue weighted by molar-refractivity contribution is 7.89. The highest BCUT2D eigenvalue weighted by Crippen LogP contribution is 2.35. The van der Waals surface area contributed by atoms with Crippen LogP contribution in [0.3, 0.4) is 0 Å². The van der Waals surface area contributed by atoms with Crippen LogP contribution in [-0.2, 0) is 14.8 Å². The average Bonchev–Trinajstić information content (AvgIpc) is 3.30. The van der Waals surface area contributed by atoms with E-state index in [9.17, 15) is 8.42 Å². The van der Waals surface area contributed by atoms with E-state index in [0.717, 1.165) is 37.2 Å². The van der Waals surface area contributed by atoms with Gasteiger partial charge in [0.25, 0.3) is 10.0 Å². The van der Waals surface area contributed by atoms with Gasteiger partial charge in [0.2, 0.25) is 10.9 Å². The monoisotopic (exact) mass is 381 g/mol. The quantitative estimate of drug-likeness (QED) is 0.831. The molecule has 2 aromatic rings. The van der Waals surface area contributed by atoms with Crippen molar-refractivity contribution in [2.45, 2.75) is 49.8 Å². The molecule has 0 saturated carbocycles. The molecule has 0 amide bonds. The lowest BCUT2D eigenvalue weighted by atomic mass is 9.88. The Balaban J connectivity index is 1.48. The van der Waals surface area contributed by atoms with Crippen molar-refractivity contribution in [1.29, 1.82) is 0 Å². The zero-order chi connectivity index (χ0) is 18.4. The van der Waals surface area contributed by atoms with Gasteiger partial charge in [0.15, 0.2) is 5.76 Å². The van der Waals surface area contributed by atoms with Crippen LogP contribution in [0.15, 0.2) is 26.2 Å². The number of sulfonamides is 1. The normalized spacial score (nSPS) is 22.9. The molecule has 4 rings (SSSR count). The lowest BCUT2D eigenvalue weighted by Gasteiger charge is -2.32. The summed E-state index contributed by atoms with van der Waals surface area (Å²) in [5.74, 6) is 0.794. The number of aromatic nitrogens is 1. The lowest BCUT2D eigenvalue weighted by Crippen LogP contribution is -2.42. The molecule has 142 valence electrons. The minimum atomic E-state index is -3.77. The topological polar surface area (TPSA) is 107 Å². The largest absolute Gasteiger partial charge is 0.440 e. The van der Waals surface area contributed by atoms with Crippen LogP contribution >= 0.6 is 0 Å². The minimum absolute atomic E-state index is 0.132. The number of nitrogens with one attached hydrogen (secondary N) is 2. The third kappa shape index (κ3) is 3.20. The van der Waals surface area contributed by atoms with Gasteiger partial charge in [-0.25, -0.2) is 13.1 Å². The zero-order valence-electron chi connectivity index (χ0n) is 14.9. The Morgan fingerprint density at radius 2 is 2.04 bits per heavy atom. The second kappa shape index (κ2) is 6.49. The maximum absolute atomic E-state index is 12.7. The van der Waals surface area contributed by atoms with Crippen molar-refractivity contribution in [1.82, 2.24) is 15.2 Å². The summed E-state index contributed by atoms with van der Waals surface area (Å²) in [6, 6.07) is 2.77. The second-order valence-electron chi connectivity index (χ2n) is 7.11. The van der Waals surface area contributed by atoms with Gasteiger partial charge in [-0.1, -0.05) is 5.16 Å². The summed E-state index contributed by atoms with van der Waals surface area (Å²) in [4.78, 5) is 0. The molecule has 0 aliphatic carbocycles. The molecule has 0 bridgehead atoms. The fourth-order valence-electron chi connectivity index (χ4n) is 3.66. The van der Waals surface area contributed by atoms with Gasteiger partial charge < -0.3 is 19.0 Å². The average molecular weight is 381 g/mol. The highest BCUT2D eigenvalue weighted by Gasteiger charge is 2.42. The van der Waals surface area contributed by atoms with E-state index >= 15 is 0 Å².